The summed E-state index contributed by atoms with van der Waals surface area (Å²) >= 11 is 0. The van der Waals surface area contributed by atoms with Crippen LogP contribution >= 0.6 is 12.4 Å². The van der Waals surface area contributed by atoms with E-state index in [2.05, 4.69) is 63.3 Å². The summed E-state index contributed by atoms with van der Waals surface area (Å²) in [5.74, 6) is 1.13. The molecule has 0 saturated carbocycles. The molecule has 0 bridgehead atoms. The lowest BCUT2D eigenvalue weighted by atomic mass is 10.1. The quantitative estimate of drug-likeness (QED) is 0.675. The first-order valence-electron chi connectivity index (χ1n) is 10.3. The van der Waals surface area contributed by atoms with Crippen molar-refractivity contribution in [2.45, 2.75) is 20.3 Å². The maximum atomic E-state index is 11.6. The Labute approximate surface area is 184 Å². The van der Waals surface area contributed by atoms with Crippen LogP contribution in [0.15, 0.2) is 42.5 Å². The average Bonchev–Trinajstić information content (AvgIpc) is 3.16. The molecule has 2 aromatic carbocycles. The maximum absolute atomic E-state index is 11.6. The third kappa shape index (κ3) is 4.60. The molecule has 7 heteroatoms. The van der Waals surface area contributed by atoms with Crippen LogP contribution in [0.1, 0.15) is 18.1 Å². The van der Waals surface area contributed by atoms with Gasteiger partial charge in [-0.2, -0.15) is 5.10 Å². The Hall–Kier alpha value is -2.57. The molecule has 4 rings (SSSR count). The normalized spacial score (nSPS) is 14.6. The minimum absolute atomic E-state index is 0. The molecular weight excluding hydrogens is 398 g/mol. The predicted molar refractivity (Wildman–Crippen MR) is 126 cm³/mol. The lowest BCUT2D eigenvalue weighted by Crippen LogP contribution is -2.47. The van der Waals surface area contributed by atoms with Gasteiger partial charge in [-0.25, -0.2) is 0 Å². The molecular formula is C23H30ClN5O. The minimum atomic E-state index is 0. The van der Waals surface area contributed by atoms with E-state index in [0.29, 0.717) is 0 Å². The van der Waals surface area contributed by atoms with E-state index in [1.54, 1.807) is 11.8 Å². The molecule has 0 radical (unpaired) electrons. The Morgan fingerprint density at radius 3 is 2.57 bits per heavy atom. The summed E-state index contributed by atoms with van der Waals surface area (Å²) in [5.41, 5.74) is 4.56. The molecule has 0 atom stereocenters. The number of carbonyl (C=O) groups excluding carboxylic acids is 1. The highest BCUT2D eigenvalue weighted by Gasteiger charge is 2.20. The van der Waals surface area contributed by atoms with Gasteiger partial charge in [-0.05, 0) is 42.7 Å². The van der Waals surface area contributed by atoms with E-state index >= 15 is 0 Å². The number of aromatic amines is 1. The molecule has 0 spiro atoms. The number of nitrogens with zero attached hydrogens (tertiary/aromatic N) is 4. The van der Waals surface area contributed by atoms with Crippen LogP contribution < -0.4 is 9.80 Å². The number of hydrogen-bond donors (Lipinski definition) is 1. The number of aryl methyl sites for hydroxylation is 1. The molecule has 160 valence electrons. The summed E-state index contributed by atoms with van der Waals surface area (Å²) in [5, 5.41) is 8.88. The number of H-pyrrole nitrogens is 1. The zero-order chi connectivity index (χ0) is 20.4. The number of fused-ring (bicyclic) bond motifs is 1. The van der Waals surface area contributed by atoms with Gasteiger partial charge in [0.05, 0.1) is 5.52 Å². The van der Waals surface area contributed by atoms with Gasteiger partial charge in [-0.15, -0.1) is 12.4 Å². The van der Waals surface area contributed by atoms with Crippen molar-refractivity contribution in [2.24, 2.45) is 0 Å². The summed E-state index contributed by atoms with van der Waals surface area (Å²) in [4.78, 5) is 18.2. The number of anilines is 2. The van der Waals surface area contributed by atoms with Gasteiger partial charge < -0.3 is 9.80 Å². The zero-order valence-corrected chi connectivity index (χ0v) is 18.7. The van der Waals surface area contributed by atoms with Crippen molar-refractivity contribution in [2.75, 3.05) is 49.6 Å². The molecule has 3 aromatic rings. The summed E-state index contributed by atoms with van der Waals surface area (Å²) in [6.45, 7) is 8.81. The monoisotopic (exact) mass is 427 g/mol. The highest BCUT2D eigenvalue weighted by atomic mass is 35.5. The third-order valence-electron chi connectivity index (χ3n) is 5.93. The van der Waals surface area contributed by atoms with Gasteiger partial charge in [-0.1, -0.05) is 24.3 Å². The van der Waals surface area contributed by atoms with E-state index in [4.69, 9.17) is 0 Å². The third-order valence-corrected chi connectivity index (χ3v) is 5.93. The maximum Gasteiger partial charge on any atom is 0.223 e. The lowest BCUT2D eigenvalue weighted by molar-refractivity contribution is -0.116. The summed E-state index contributed by atoms with van der Waals surface area (Å²) in [7, 11) is 1.83. The highest BCUT2D eigenvalue weighted by molar-refractivity contribution is 5.91. The number of aromatic nitrogens is 2. The number of carbonyl (C=O) groups is 1. The second-order valence-electron chi connectivity index (χ2n) is 7.87. The standard InChI is InChI=1S/C23H29N5O.ClH/c1-17-16-19(8-9-22(17)26(3)18(2)29)10-11-27-12-14-28(15-13-27)23-20-6-4-5-7-21(20)24-25-23;/h4-9,16H,10-15H2,1-3H3,(H,24,25);1H. The SMILES string of the molecule is CC(=O)N(C)c1ccc(CCN2CCN(c3n[nH]c4ccccc34)CC2)cc1C.Cl. The van der Waals surface area contributed by atoms with Gasteiger partial charge in [0.2, 0.25) is 5.91 Å². The van der Waals surface area contributed by atoms with E-state index in [9.17, 15) is 4.79 Å². The molecule has 1 saturated heterocycles. The van der Waals surface area contributed by atoms with Crippen molar-refractivity contribution in [1.29, 1.82) is 0 Å². The molecule has 1 aromatic heterocycles. The van der Waals surface area contributed by atoms with E-state index in [1.807, 2.05) is 13.1 Å². The molecule has 1 amide bonds. The Kier molecular flexibility index (Phi) is 7.00. The van der Waals surface area contributed by atoms with Gasteiger partial charge in [-0.3, -0.25) is 14.8 Å². The number of para-hydroxylation sites is 1. The number of hydrogen-bond acceptors (Lipinski definition) is 4. The first-order valence-corrected chi connectivity index (χ1v) is 10.3. The Morgan fingerprint density at radius 1 is 1.13 bits per heavy atom. The van der Waals surface area contributed by atoms with E-state index in [1.165, 1.54) is 10.9 Å². The molecule has 1 aliphatic rings. The van der Waals surface area contributed by atoms with Crippen LogP contribution in [-0.4, -0.2) is 60.8 Å². The van der Waals surface area contributed by atoms with E-state index in [0.717, 1.165) is 61.7 Å². The Morgan fingerprint density at radius 2 is 1.87 bits per heavy atom. The number of benzene rings is 2. The van der Waals surface area contributed by atoms with Crippen molar-refractivity contribution >= 4 is 40.7 Å². The molecule has 1 aliphatic heterocycles. The smallest absolute Gasteiger partial charge is 0.223 e. The van der Waals surface area contributed by atoms with Crippen molar-refractivity contribution in [3.8, 4) is 0 Å². The number of halogens is 1. The van der Waals surface area contributed by atoms with E-state index < -0.39 is 0 Å². The Bertz CT molecular complexity index is 1010. The van der Waals surface area contributed by atoms with Crippen LogP contribution in [0.3, 0.4) is 0 Å². The lowest BCUT2D eigenvalue weighted by Gasteiger charge is -2.35. The van der Waals surface area contributed by atoms with Crippen LogP contribution in [0.2, 0.25) is 0 Å². The zero-order valence-electron chi connectivity index (χ0n) is 17.9. The first kappa shape index (κ1) is 22.1. The summed E-state index contributed by atoms with van der Waals surface area (Å²) in [6, 6.07) is 14.7. The van der Waals surface area contributed by atoms with Gasteiger partial charge in [0.1, 0.15) is 0 Å². The van der Waals surface area contributed by atoms with Crippen molar-refractivity contribution in [3.05, 3.63) is 53.6 Å². The molecule has 30 heavy (non-hydrogen) atoms. The molecule has 6 nitrogen and oxygen atoms in total. The largest absolute Gasteiger partial charge is 0.352 e. The number of rotatable bonds is 5. The summed E-state index contributed by atoms with van der Waals surface area (Å²) in [6.07, 6.45) is 1.02. The number of nitrogens with one attached hydrogen (secondary N) is 1. The van der Waals surface area contributed by atoms with Crippen molar-refractivity contribution < 1.29 is 4.79 Å². The van der Waals surface area contributed by atoms with Gasteiger partial charge >= 0.3 is 0 Å². The van der Waals surface area contributed by atoms with Crippen molar-refractivity contribution in [3.63, 3.8) is 0 Å². The van der Waals surface area contributed by atoms with Crippen LogP contribution in [0.4, 0.5) is 11.5 Å². The average molecular weight is 428 g/mol. The van der Waals surface area contributed by atoms with Gasteiger partial charge in [0.15, 0.2) is 5.82 Å². The van der Waals surface area contributed by atoms with Crippen LogP contribution in [0.25, 0.3) is 10.9 Å². The number of piperazine rings is 1. The van der Waals surface area contributed by atoms with E-state index in [-0.39, 0.29) is 18.3 Å². The Balaban J connectivity index is 0.00000256. The topological polar surface area (TPSA) is 55.5 Å². The minimum Gasteiger partial charge on any atom is -0.352 e. The first-order chi connectivity index (χ1) is 14.0. The molecule has 0 aliphatic carbocycles. The predicted octanol–water partition coefficient (Wildman–Crippen LogP) is 3.64. The van der Waals surface area contributed by atoms with Crippen LogP contribution in [0, 0.1) is 6.92 Å². The fourth-order valence-corrected chi connectivity index (χ4v) is 4.08. The fourth-order valence-electron chi connectivity index (χ4n) is 4.08. The second kappa shape index (κ2) is 9.49. The number of amides is 1. The molecule has 0 unspecified atom stereocenters. The van der Waals surface area contributed by atoms with Gasteiger partial charge in [0.25, 0.3) is 0 Å². The fraction of sp³-hybridized carbons (Fsp3) is 0.391. The van der Waals surface area contributed by atoms with Crippen LogP contribution in [-0.2, 0) is 11.2 Å². The molecule has 1 fully saturated rings. The van der Waals surface area contributed by atoms with Gasteiger partial charge in [0, 0.05) is 57.8 Å². The molecule has 2 heterocycles. The van der Waals surface area contributed by atoms with Crippen molar-refractivity contribution in [1.82, 2.24) is 15.1 Å². The van der Waals surface area contributed by atoms with Crippen LogP contribution in [0.5, 0.6) is 0 Å². The highest BCUT2D eigenvalue weighted by Crippen LogP contribution is 2.25. The summed E-state index contributed by atoms with van der Waals surface area (Å²) < 4.78 is 0. The second-order valence-corrected chi connectivity index (χ2v) is 7.87. The molecule has 1 N–H and O–H groups in total.